The van der Waals surface area contributed by atoms with Gasteiger partial charge in [-0.25, -0.2) is 4.99 Å². The summed E-state index contributed by atoms with van der Waals surface area (Å²) in [4.78, 5) is 27.0. The van der Waals surface area contributed by atoms with Crippen LogP contribution in [-0.2, 0) is 0 Å². The molecule has 0 atom stereocenters. The Hall–Kier alpha value is -3.33. The molecule has 1 aliphatic rings. The molecule has 0 saturated carbocycles. The number of phenolic OH excluding ortho intramolecular Hbond substituents is 1. The number of nitrogens with one attached hydrogen (secondary N) is 1. The minimum absolute atomic E-state index is 0.0343. The van der Waals surface area contributed by atoms with E-state index < -0.39 is 4.92 Å². The molecule has 2 N–H and O–H groups in total. The van der Waals surface area contributed by atoms with Gasteiger partial charge in [-0.2, -0.15) is 0 Å². The molecule has 0 unspecified atom stereocenters. The molecule has 3 rings (SSSR count). The number of amides is 1. The summed E-state index contributed by atoms with van der Waals surface area (Å²) in [6.45, 7) is 2.23. The van der Waals surface area contributed by atoms with Crippen molar-refractivity contribution >= 4 is 40.3 Å². The predicted octanol–water partition coefficient (Wildman–Crippen LogP) is 4.23. The number of hydrogen-bond acceptors (Lipinski definition) is 7. The lowest BCUT2D eigenvalue weighted by Crippen LogP contribution is -2.18. The number of nitro groups is 1. The fourth-order valence-electron chi connectivity index (χ4n) is 2.33. The summed E-state index contributed by atoms with van der Waals surface area (Å²) >= 11 is 0.988. The third kappa shape index (κ3) is 4.45. The van der Waals surface area contributed by atoms with Crippen molar-refractivity contribution in [2.75, 3.05) is 6.61 Å². The summed E-state index contributed by atoms with van der Waals surface area (Å²) in [6.07, 6.45) is 1.74. The molecule has 27 heavy (non-hydrogen) atoms. The Labute approximate surface area is 158 Å². The largest absolute Gasteiger partial charge is 0.504 e. The zero-order valence-electron chi connectivity index (χ0n) is 14.2. The smallest absolute Gasteiger partial charge is 0.289 e. The van der Waals surface area contributed by atoms with Crippen molar-refractivity contribution in [1.82, 2.24) is 5.32 Å². The molecule has 0 aliphatic carbocycles. The van der Waals surface area contributed by atoms with Gasteiger partial charge in [-0.1, -0.05) is 6.07 Å². The first-order chi connectivity index (χ1) is 13.0. The number of carbonyl (C=O) groups excluding carboxylic acids is 1. The van der Waals surface area contributed by atoms with Gasteiger partial charge in [0, 0.05) is 12.1 Å². The zero-order chi connectivity index (χ0) is 19.4. The SMILES string of the molecule is CCOc1cc(/C=C2\SC(=O)NC2=Nc2ccc([N+](=O)[O-])cc2)ccc1O. The lowest BCUT2D eigenvalue weighted by atomic mass is 10.2. The number of nitrogens with zero attached hydrogens (tertiary/aromatic N) is 2. The number of hydrogen-bond donors (Lipinski definition) is 2. The molecule has 1 aliphatic heterocycles. The van der Waals surface area contributed by atoms with Crippen LogP contribution < -0.4 is 10.1 Å². The fraction of sp³-hybridized carbons (Fsp3) is 0.111. The van der Waals surface area contributed by atoms with Gasteiger partial charge >= 0.3 is 0 Å². The Morgan fingerprint density at radius 1 is 1.30 bits per heavy atom. The minimum Gasteiger partial charge on any atom is -0.504 e. The Morgan fingerprint density at radius 3 is 2.70 bits per heavy atom. The predicted molar refractivity (Wildman–Crippen MR) is 104 cm³/mol. The number of aliphatic imine (C=N–C) groups is 1. The van der Waals surface area contributed by atoms with Gasteiger partial charge in [-0.05, 0) is 54.6 Å². The molecule has 9 heteroatoms. The molecule has 0 radical (unpaired) electrons. The van der Waals surface area contributed by atoms with Crippen LogP contribution in [0.4, 0.5) is 16.2 Å². The van der Waals surface area contributed by atoms with E-state index in [-0.39, 0.29) is 16.7 Å². The van der Waals surface area contributed by atoms with Gasteiger partial charge in [-0.3, -0.25) is 14.9 Å². The van der Waals surface area contributed by atoms with Crippen molar-refractivity contribution in [3.8, 4) is 11.5 Å². The maximum atomic E-state index is 11.8. The Balaban J connectivity index is 1.91. The summed E-state index contributed by atoms with van der Waals surface area (Å²) in [6, 6.07) is 10.6. The van der Waals surface area contributed by atoms with Crippen LogP contribution in [0.25, 0.3) is 6.08 Å². The zero-order valence-corrected chi connectivity index (χ0v) is 15.0. The van der Waals surface area contributed by atoms with Crippen molar-refractivity contribution in [3.05, 3.63) is 63.0 Å². The second-order valence-electron chi connectivity index (χ2n) is 5.42. The second-order valence-corrected chi connectivity index (χ2v) is 6.43. The van der Waals surface area contributed by atoms with Crippen molar-refractivity contribution in [2.45, 2.75) is 6.92 Å². The van der Waals surface area contributed by atoms with Crippen LogP contribution in [0.15, 0.2) is 52.4 Å². The number of nitro benzene ring substituents is 1. The van der Waals surface area contributed by atoms with E-state index in [9.17, 15) is 20.0 Å². The van der Waals surface area contributed by atoms with Crippen molar-refractivity contribution in [2.24, 2.45) is 4.99 Å². The molecular formula is C18H15N3O5S. The van der Waals surface area contributed by atoms with Crippen LogP contribution in [0.3, 0.4) is 0 Å². The molecule has 0 aromatic heterocycles. The minimum atomic E-state index is -0.490. The lowest BCUT2D eigenvalue weighted by Gasteiger charge is -2.06. The number of non-ortho nitro benzene ring substituents is 1. The second kappa shape index (κ2) is 7.92. The summed E-state index contributed by atoms with van der Waals surface area (Å²) in [5.41, 5.74) is 1.17. The number of benzene rings is 2. The van der Waals surface area contributed by atoms with E-state index >= 15 is 0 Å². The number of thioether (sulfide) groups is 1. The molecule has 1 heterocycles. The van der Waals surface area contributed by atoms with Crippen LogP contribution in [-0.4, -0.2) is 27.7 Å². The molecule has 1 saturated heterocycles. The summed E-state index contributed by atoms with van der Waals surface area (Å²) in [5.74, 6) is 0.736. The van der Waals surface area contributed by atoms with Crippen LogP contribution in [0.2, 0.25) is 0 Å². The average molecular weight is 385 g/mol. The van der Waals surface area contributed by atoms with Gasteiger partial charge in [-0.15, -0.1) is 0 Å². The molecule has 2 aromatic carbocycles. The molecule has 8 nitrogen and oxygen atoms in total. The Morgan fingerprint density at radius 2 is 2.04 bits per heavy atom. The normalized spacial score (nSPS) is 16.6. The van der Waals surface area contributed by atoms with E-state index in [1.54, 1.807) is 18.2 Å². The molecule has 1 fully saturated rings. The van der Waals surface area contributed by atoms with Gasteiger partial charge in [0.25, 0.3) is 10.9 Å². The molecule has 0 bridgehead atoms. The fourth-order valence-corrected chi connectivity index (χ4v) is 3.07. The Bertz CT molecular complexity index is 954. The van der Waals surface area contributed by atoms with Crippen LogP contribution in [0.1, 0.15) is 12.5 Å². The van der Waals surface area contributed by atoms with E-state index in [2.05, 4.69) is 10.3 Å². The summed E-state index contributed by atoms with van der Waals surface area (Å²) < 4.78 is 5.36. The van der Waals surface area contributed by atoms with E-state index in [1.165, 1.54) is 30.3 Å². The highest BCUT2D eigenvalue weighted by atomic mass is 32.2. The van der Waals surface area contributed by atoms with Gasteiger partial charge in [0.2, 0.25) is 0 Å². The summed E-state index contributed by atoms with van der Waals surface area (Å²) in [5, 5.41) is 22.9. The topological polar surface area (TPSA) is 114 Å². The number of aromatic hydroxyl groups is 1. The maximum absolute atomic E-state index is 11.8. The monoisotopic (exact) mass is 385 g/mol. The highest BCUT2D eigenvalue weighted by Gasteiger charge is 2.23. The molecular weight excluding hydrogens is 370 g/mol. The number of amidine groups is 1. The first-order valence-electron chi connectivity index (χ1n) is 7.96. The average Bonchev–Trinajstić information content (AvgIpc) is 2.97. The first kappa shape index (κ1) is 18.5. The summed E-state index contributed by atoms with van der Waals surface area (Å²) in [7, 11) is 0. The number of phenols is 1. The maximum Gasteiger partial charge on any atom is 0.289 e. The standard InChI is InChI=1S/C18H15N3O5S/c1-2-26-15-9-11(3-8-14(15)22)10-16-17(20-18(23)27-16)19-12-4-6-13(7-5-12)21(24)25/h3-10,22H,2H2,1H3,(H,19,20,23)/b16-10-. The van der Waals surface area contributed by atoms with Gasteiger partial charge < -0.3 is 15.2 Å². The lowest BCUT2D eigenvalue weighted by molar-refractivity contribution is -0.384. The highest BCUT2D eigenvalue weighted by molar-refractivity contribution is 8.18. The van der Waals surface area contributed by atoms with Crippen molar-refractivity contribution in [3.63, 3.8) is 0 Å². The first-order valence-corrected chi connectivity index (χ1v) is 8.78. The third-order valence-corrected chi connectivity index (χ3v) is 4.36. The van der Waals surface area contributed by atoms with E-state index in [0.717, 1.165) is 17.3 Å². The molecule has 1 amide bonds. The molecule has 138 valence electrons. The molecule has 2 aromatic rings. The van der Waals surface area contributed by atoms with Crippen molar-refractivity contribution in [1.29, 1.82) is 0 Å². The van der Waals surface area contributed by atoms with E-state index in [1.807, 2.05) is 6.92 Å². The van der Waals surface area contributed by atoms with Crippen LogP contribution in [0, 0.1) is 10.1 Å². The van der Waals surface area contributed by atoms with Gasteiger partial charge in [0.1, 0.15) is 5.84 Å². The van der Waals surface area contributed by atoms with E-state index in [4.69, 9.17) is 4.74 Å². The Kier molecular flexibility index (Phi) is 5.41. The van der Waals surface area contributed by atoms with Crippen LogP contribution in [0.5, 0.6) is 11.5 Å². The number of carbonyl (C=O) groups is 1. The van der Waals surface area contributed by atoms with E-state index in [0.29, 0.717) is 28.8 Å². The third-order valence-electron chi connectivity index (χ3n) is 3.54. The van der Waals surface area contributed by atoms with Crippen LogP contribution >= 0.6 is 11.8 Å². The van der Waals surface area contributed by atoms with Gasteiger partial charge in [0.05, 0.1) is 22.1 Å². The quantitative estimate of drug-likeness (QED) is 0.588. The molecule has 0 spiro atoms. The number of ether oxygens (including phenoxy) is 1. The van der Waals surface area contributed by atoms with Gasteiger partial charge in [0.15, 0.2) is 11.5 Å². The number of rotatable bonds is 5. The highest BCUT2D eigenvalue weighted by Crippen LogP contribution is 2.32. The van der Waals surface area contributed by atoms with Crippen molar-refractivity contribution < 1.29 is 19.6 Å².